The zero-order valence-corrected chi connectivity index (χ0v) is 10.0. The molecular weight excluding hydrogens is 228 g/mol. The van der Waals surface area contributed by atoms with Crippen LogP contribution in [0.15, 0.2) is 24.3 Å². The number of hydrogen-bond donors (Lipinski definition) is 2. The number of nitrogens with one attached hydrogen (secondary N) is 1. The molecule has 3 N–H and O–H groups in total. The van der Waals surface area contributed by atoms with Gasteiger partial charge in [0.15, 0.2) is 0 Å². The molecule has 0 bridgehead atoms. The molecule has 0 saturated heterocycles. The molecule has 0 fully saturated rings. The Morgan fingerprint density at radius 3 is 2.50 bits per heavy atom. The lowest BCUT2D eigenvalue weighted by molar-refractivity contribution is -0.116. The van der Waals surface area contributed by atoms with Gasteiger partial charge in [0.2, 0.25) is 5.91 Å². The Bertz CT molecular complexity index is 314. The maximum absolute atomic E-state index is 11.3. The first kappa shape index (κ1) is 14.7. The fourth-order valence-corrected chi connectivity index (χ4v) is 1.16. The maximum atomic E-state index is 11.3. The highest BCUT2D eigenvalue weighted by Crippen LogP contribution is 2.15. The van der Waals surface area contributed by atoms with Crippen LogP contribution < -0.4 is 15.8 Å². The van der Waals surface area contributed by atoms with Crippen molar-refractivity contribution in [1.82, 2.24) is 0 Å². The van der Waals surface area contributed by atoms with Gasteiger partial charge in [-0.15, -0.1) is 12.4 Å². The number of benzene rings is 1. The summed E-state index contributed by atoms with van der Waals surface area (Å²) < 4.78 is 5.01. The molecule has 0 aromatic heterocycles. The fraction of sp³-hybridized carbons (Fsp3) is 0.364. The van der Waals surface area contributed by atoms with Gasteiger partial charge in [-0.3, -0.25) is 4.79 Å². The van der Waals surface area contributed by atoms with E-state index in [0.29, 0.717) is 19.4 Å². The largest absolute Gasteiger partial charge is 0.497 e. The van der Waals surface area contributed by atoms with Gasteiger partial charge in [0.1, 0.15) is 5.75 Å². The van der Waals surface area contributed by atoms with Crippen molar-refractivity contribution in [3.8, 4) is 5.75 Å². The van der Waals surface area contributed by atoms with Crippen molar-refractivity contribution in [2.45, 2.75) is 12.8 Å². The van der Waals surface area contributed by atoms with E-state index < -0.39 is 0 Å². The number of amides is 1. The summed E-state index contributed by atoms with van der Waals surface area (Å²) in [6.45, 7) is 0.538. The van der Waals surface area contributed by atoms with Crippen LogP contribution in [0, 0.1) is 0 Å². The third-order valence-electron chi connectivity index (χ3n) is 1.98. The van der Waals surface area contributed by atoms with Gasteiger partial charge >= 0.3 is 0 Å². The van der Waals surface area contributed by atoms with E-state index >= 15 is 0 Å². The fourth-order valence-electron chi connectivity index (χ4n) is 1.16. The number of ether oxygens (including phenoxy) is 1. The molecule has 0 aliphatic rings. The van der Waals surface area contributed by atoms with Crippen LogP contribution in [0.4, 0.5) is 5.69 Å². The highest BCUT2D eigenvalue weighted by molar-refractivity contribution is 5.90. The van der Waals surface area contributed by atoms with E-state index in [0.717, 1.165) is 11.4 Å². The van der Waals surface area contributed by atoms with Crippen molar-refractivity contribution >= 4 is 24.0 Å². The minimum Gasteiger partial charge on any atom is -0.497 e. The average Bonchev–Trinajstić information content (AvgIpc) is 2.27. The van der Waals surface area contributed by atoms with Gasteiger partial charge in [-0.05, 0) is 37.2 Å². The van der Waals surface area contributed by atoms with Gasteiger partial charge < -0.3 is 15.8 Å². The van der Waals surface area contributed by atoms with Gasteiger partial charge in [-0.25, -0.2) is 0 Å². The molecule has 1 rings (SSSR count). The summed E-state index contributed by atoms with van der Waals surface area (Å²) in [5.41, 5.74) is 6.09. The lowest BCUT2D eigenvalue weighted by atomic mass is 10.2. The Labute approximate surface area is 102 Å². The summed E-state index contributed by atoms with van der Waals surface area (Å²) in [7, 11) is 1.61. The first-order valence-corrected chi connectivity index (χ1v) is 4.90. The molecule has 4 nitrogen and oxygen atoms in total. The second-order valence-corrected chi connectivity index (χ2v) is 3.17. The second kappa shape index (κ2) is 7.96. The van der Waals surface area contributed by atoms with Crippen LogP contribution in [-0.2, 0) is 4.79 Å². The number of carbonyl (C=O) groups excluding carboxylic acids is 1. The molecule has 0 heterocycles. The summed E-state index contributed by atoms with van der Waals surface area (Å²) in [6, 6.07) is 7.22. The number of hydrogen-bond acceptors (Lipinski definition) is 3. The van der Waals surface area contributed by atoms with E-state index in [2.05, 4.69) is 5.32 Å². The van der Waals surface area contributed by atoms with Crippen LogP contribution in [0.5, 0.6) is 5.75 Å². The molecule has 0 aliphatic heterocycles. The topological polar surface area (TPSA) is 64.3 Å². The summed E-state index contributed by atoms with van der Waals surface area (Å²) >= 11 is 0. The van der Waals surface area contributed by atoms with Gasteiger partial charge in [-0.2, -0.15) is 0 Å². The SMILES string of the molecule is COc1ccc(NC(=O)CCCN)cc1.Cl. The summed E-state index contributed by atoms with van der Waals surface area (Å²) in [5.74, 6) is 0.764. The van der Waals surface area contributed by atoms with E-state index in [1.807, 2.05) is 0 Å². The molecule has 1 amide bonds. The van der Waals surface area contributed by atoms with Crippen molar-refractivity contribution < 1.29 is 9.53 Å². The predicted molar refractivity (Wildman–Crippen MR) is 67.2 cm³/mol. The Morgan fingerprint density at radius 1 is 1.38 bits per heavy atom. The van der Waals surface area contributed by atoms with Crippen LogP contribution in [0.3, 0.4) is 0 Å². The molecule has 5 heteroatoms. The van der Waals surface area contributed by atoms with Gasteiger partial charge in [0.05, 0.1) is 7.11 Å². The third kappa shape index (κ3) is 5.00. The summed E-state index contributed by atoms with van der Waals surface area (Å²) in [4.78, 5) is 11.3. The molecular formula is C11H17ClN2O2. The molecule has 90 valence electrons. The number of nitrogens with two attached hydrogens (primary N) is 1. The zero-order chi connectivity index (χ0) is 11.1. The molecule has 0 aliphatic carbocycles. The Hall–Kier alpha value is -1.26. The first-order chi connectivity index (χ1) is 7.26. The van der Waals surface area contributed by atoms with Crippen molar-refractivity contribution in [3.63, 3.8) is 0 Å². The maximum Gasteiger partial charge on any atom is 0.224 e. The van der Waals surface area contributed by atoms with Crippen LogP contribution in [-0.4, -0.2) is 19.6 Å². The molecule has 0 atom stereocenters. The lowest BCUT2D eigenvalue weighted by Gasteiger charge is -2.05. The van der Waals surface area contributed by atoms with Crippen LogP contribution in [0.25, 0.3) is 0 Å². The lowest BCUT2D eigenvalue weighted by Crippen LogP contribution is -2.13. The van der Waals surface area contributed by atoms with Crippen molar-refractivity contribution in [3.05, 3.63) is 24.3 Å². The summed E-state index contributed by atoms with van der Waals surface area (Å²) in [6.07, 6.45) is 1.17. The average molecular weight is 245 g/mol. The van der Waals surface area contributed by atoms with Crippen LogP contribution in [0.1, 0.15) is 12.8 Å². The zero-order valence-electron chi connectivity index (χ0n) is 9.23. The van der Waals surface area contributed by atoms with Crippen molar-refractivity contribution in [1.29, 1.82) is 0 Å². The van der Waals surface area contributed by atoms with E-state index in [9.17, 15) is 4.79 Å². The molecule has 0 spiro atoms. The third-order valence-corrected chi connectivity index (χ3v) is 1.98. The number of halogens is 1. The normalized spacial score (nSPS) is 9.12. The molecule has 1 aromatic carbocycles. The molecule has 0 unspecified atom stereocenters. The molecule has 16 heavy (non-hydrogen) atoms. The van der Waals surface area contributed by atoms with E-state index in [1.165, 1.54) is 0 Å². The van der Waals surface area contributed by atoms with E-state index in [4.69, 9.17) is 10.5 Å². The molecule has 0 radical (unpaired) electrons. The quantitative estimate of drug-likeness (QED) is 0.830. The number of rotatable bonds is 5. The standard InChI is InChI=1S/C11H16N2O2.ClH/c1-15-10-6-4-9(5-7-10)13-11(14)3-2-8-12;/h4-7H,2-3,8,12H2,1H3,(H,13,14);1H. The smallest absolute Gasteiger partial charge is 0.224 e. The summed E-state index contributed by atoms with van der Waals surface area (Å²) in [5, 5.41) is 2.78. The highest BCUT2D eigenvalue weighted by Gasteiger charge is 2.01. The Balaban J connectivity index is 0.00000225. The number of anilines is 1. The predicted octanol–water partition coefficient (Wildman–Crippen LogP) is 1.79. The first-order valence-electron chi connectivity index (χ1n) is 4.90. The van der Waals surface area contributed by atoms with Crippen LogP contribution in [0.2, 0.25) is 0 Å². The highest BCUT2D eigenvalue weighted by atomic mass is 35.5. The number of carbonyl (C=O) groups is 1. The number of methoxy groups -OCH3 is 1. The van der Waals surface area contributed by atoms with E-state index in [1.54, 1.807) is 31.4 Å². The molecule has 1 aromatic rings. The minimum absolute atomic E-state index is 0. The van der Waals surface area contributed by atoms with Crippen molar-refractivity contribution in [2.24, 2.45) is 5.73 Å². The van der Waals surface area contributed by atoms with Gasteiger partial charge in [-0.1, -0.05) is 0 Å². The Kier molecular flexibility index (Phi) is 7.33. The van der Waals surface area contributed by atoms with Gasteiger partial charge in [0.25, 0.3) is 0 Å². The van der Waals surface area contributed by atoms with Crippen LogP contribution >= 0.6 is 12.4 Å². The van der Waals surface area contributed by atoms with Crippen molar-refractivity contribution in [2.75, 3.05) is 19.0 Å². The monoisotopic (exact) mass is 244 g/mol. The van der Waals surface area contributed by atoms with Gasteiger partial charge in [0, 0.05) is 12.1 Å². The Morgan fingerprint density at radius 2 is 2.00 bits per heavy atom. The minimum atomic E-state index is -0.00869. The van der Waals surface area contributed by atoms with E-state index in [-0.39, 0.29) is 18.3 Å². The molecule has 0 saturated carbocycles. The second-order valence-electron chi connectivity index (χ2n) is 3.17.